The molecule has 1 unspecified atom stereocenters. The van der Waals surface area contributed by atoms with Crippen LogP contribution in [0.5, 0.6) is 0 Å². The van der Waals surface area contributed by atoms with Crippen LogP contribution in [0.15, 0.2) is 85.2 Å². The molecule has 0 radical (unpaired) electrons. The van der Waals surface area contributed by atoms with E-state index in [9.17, 15) is 37.5 Å². The number of carbonyl (C=O) groups excluding carboxylic acids is 6. The van der Waals surface area contributed by atoms with Crippen molar-refractivity contribution in [1.82, 2.24) is 50.5 Å². The maximum Gasteiger partial charge on any atom is 0.270 e. The first kappa shape index (κ1) is 47.8. The highest BCUT2D eigenvalue weighted by molar-refractivity contribution is 5.99. The smallest absolute Gasteiger partial charge is 0.270 e. The summed E-state index contributed by atoms with van der Waals surface area (Å²) in [4.78, 5) is 85.5. The molecule has 6 aliphatic rings. The van der Waals surface area contributed by atoms with Crippen LogP contribution in [0.25, 0.3) is 11.3 Å². The first-order chi connectivity index (χ1) is 33.5. The number of hydrogen-bond acceptors (Lipinski definition) is 10. The van der Waals surface area contributed by atoms with Gasteiger partial charge in [0.1, 0.15) is 46.0 Å². The van der Waals surface area contributed by atoms with Gasteiger partial charge in [-0.15, -0.1) is 0 Å². The Kier molecular flexibility index (Phi) is 12.9. The standard InChI is InChI=1S/C27H30FN5O3.C25H26FN5O3/c1-17(26-8-11-27(12-9-26,13-10-26)18(2)34)31-25(36)22-15-21(32-23-7-14-30-33(22)23)24(35)29-16-19-3-5-20(28)6-4-19;1-16(32)24-7-10-25(11-8-24,12-9-24)30-23(34)20-14-19(29-21-6-13-28-31(20)21)22(33)27-15-17-2-4-18(26)5-3-17/h3-7,14-15,17H,8-13,16H2,1-2H3,(H,29,35)(H,31,36);2-6,13-14H,7-12,15H2,1H3,(H,27,33)(H,30,34). The molecule has 4 heterocycles. The zero-order chi connectivity index (χ0) is 49.4. The number of nitrogens with zero attached hydrogens (tertiary/aromatic N) is 6. The molecule has 70 heavy (non-hydrogen) atoms. The van der Waals surface area contributed by atoms with Crippen LogP contribution >= 0.6 is 0 Å². The van der Waals surface area contributed by atoms with Crippen LogP contribution in [0.2, 0.25) is 0 Å². The minimum Gasteiger partial charge on any atom is -0.348 e. The van der Waals surface area contributed by atoms with Crippen molar-refractivity contribution in [3.63, 3.8) is 0 Å². The van der Waals surface area contributed by atoms with Crippen molar-refractivity contribution >= 4 is 46.5 Å². The van der Waals surface area contributed by atoms with Crippen molar-refractivity contribution in [2.45, 2.75) is 122 Å². The maximum atomic E-state index is 13.4. The number of carbonyl (C=O) groups is 6. The van der Waals surface area contributed by atoms with E-state index in [2.05, 4.69) is 41.4 Å². The van der Waals surface area contributed by atoms with E-state index in [1.165, 1.54) is 57.8 Å². The Morgan fingerprint density at radius 1 is 0.557 bits per heavy atom. The van der Waals surface area contributed by atoms with Gasteiger partial charge in [-0.1, -0.05) is 24.3 Å². The third-order valence-electron chi connectivity index (χ3n) is 16.1. The molecule has 6 aliphatic carbocycles. The first-order valence-corrected chi connectivity index (χ1v) is 23.9. The molecule has 1 atom stereocenters. The number of fused-ring (bicyclic) bond motifs is 8. The SMILES string of the molecule is CC(=O)C12CCC(C(C)NC(=O)c3cc(C(=O)NCc4ccc(F)cc4)nc4ccnn34)(CC1)CC2.CC(=O)C12CCC(NC(=O)c3cc(C(=O)NCc4ccc(F)cc4)nc4ccnn34)(CC1)CC2. The summed E-state index contributed by atoms with van der Waals surface area (Å²) in [6.45, 7) is 5.81. The van der Waals surface area contributed by atoms with Gasteiger partial charge in [0.2, 0.25) is 0 Å². The number of nitrogens with one attached hydrogen (secondary N) is 4. The molecule has 2 aromatic carbocycles. The lowest BCUT2D eigenvalue weighted by atomic mass is 9.51. The summed E-state index contributed by atoms with van der Waals surface area (Å²) in [7, 11) is 0. The van der Waals surface area contributed by atoms with Gasteiger partial charge in [-0.3, -0.25) is 28.8 Å². The molecular formula is C52H56F2N10O6. The number of benzene rings is 2. The fraction of sp³-hybridized carbons (Fsp3) is 0.423. The minimum atomic E-state index is -0.443. The lowest BCUT2D eigenvalue weighted by Crippen LogP contribution is -2.58. The summed E-state index contributed by atoms with van der Waals surface area (Å²) < 4.78 is 29.1. The molecule has 0 saturated heterocycles. The first-order valence-electron chi connectivity index (χ1n) is 23.9. The highest BCUT2D eigenvalue weighted by atomic mass is 19.1. The van der Waals surface area contributed by atoms with Gasteiger partial charge in [0.15, 0.2) is 11.3 Å². The summed E-state index contributed by atoms with van der Waals surface area (Å²) in [5.74, 6) is -1.68. The van der Waals surface area contributed by atoms with Crippen LogP contribution in [-0.4, -0.2) is 76.0 Å². The fourth-order valence-electron chi connectivity index (χ4n) is 11.2. The van der Waals surface area contributed by atoms with E-state index < -0.39 is 11.8 Å². The van der Waals surface area contributed by atoms with Crippen LogP contribution in [0, 0.1) is 27.9 Å². The normalized spacial score (nSPS) is 23.7. The van der Waals surface area contributed by atoms with Gasteiger partial charge >= 0.3 is 0 Å². The Bertz CT molecular complexity index is 2970. The van der Waals surface area contributed by atoms with Crippen LogP contribution in [-0.2, 0) is 22.7 Å². The largest absolute Gasteiger partial charge is 0.348 e. The second-order valence-electron chi connectivity index (χ2n) is 19.8. The molecule has 4 N–H and O–H groups in total. The Hall–Kier alpha value is -7.24. The molecular weight excluding hydrogens is 899 g/mol. The topological polar surface area (TPSA) is 211 Å². The van der Waals surface area contributed by atoms with E-state index in [1.54, 1.807) is 50.2 Å². The van der Waals surface area contributed by atoms with Crippen LogP contribution in [0.1, 0.15) is 151 Å². The average Bonchev–Trinajstić information content (AvgIpc) is 4.07. The van der Waals surface area contributed by atoms with Crippen LogP contribution in [0.3, 0.4) is 0 Å². The number of rotatable bonds is 13. The van der Waals surface area contributed by atoms with Crippen molar-refractivity contribution in [2.75, 3.05) is 0 Å². The predicted molar refractivity (Wildman–Crippen MR) is 252 cm³/mol. The average molecular weight is 955 g/mol. The highest BCUT2D eigenvalue weighted by Crippen LogP contribution is 2.58. The molecule has 4 bridgehead atoms. The lowest BCUT2D eigenvalue weighted by molar-refractivity contribution is -0.137. The summed E-state index contributed by atoms with van der Waals surface area (Å²) in [6.07, 6.45) is 13.1. The van der Waals surface area contributed by atoms with Gasteiger partial charge in [0, 0.05) is 59.8 Å². The predicted octanol–water partition coefficient (Wildman–Crippen LogP) is 7.06. The lowest BCUT2D eigenvalue weighted by Gasteiger charge is -2.55. The number of ketones is 2. The van der Waals surface area contributed by atoms with E-state index in [-0.39, 0.29) is 98.7 Å². The van der Waals surface area contributed by atoms with Gasteiger partial charge in [0.25, 0.3) is 23.6 Å². The van der Waals surface area contributed by atoms with Gasteiger partial charge in [-0.25, -0.2) is 27.8 Å². The van der Waals surface area contributed by atoms with E-state index in [4.69, 9.17) is 0 Å². The van der Waals surface area contributed by atoms with E-state index in [0.717, 1.165) is 88.2 Å². The summed E-state index contributed by atoms with van der Waals surface area (Å²) in [5, 5.41) is 20.3. The van der Waals surface area contributed by atoms with Crippen molar-refractivity contribution in [2.24, 2.45) is 16.2 Å². The van der Waals surface area contributed by atoms with Crippen molar-refractivity contribution in [3.8, 4) is 0 Å². The quantitative estimate of drug-likeness (QED) is 0.0926. The number of aromatic nitrogens is 6. The molecule has 6 fully saturated rings. The second-order valence-corrected chi connectivity index (χ2v) is 19.8. The molecule has 0 spiro atoms. The van der Waals surface area contributed by atoms with E-state index in [0.29, 0.717) is 11.3 Å². The molecule has 16 nitrogen and oxygen atoms in total. The Morgan fingerprint density at radius 2 is 0.957 bits per heavy atom. The van der Waals surface area contributed by atoms with Crippen molar-refractivity contribution in [1.29, 1.82) is 0 Å². The zero-order valence-electron chi connectivity index (χ0n) is 39.4. The third-order valence-corrected chi connectivity index (χ3v) is 16.1. The maximum absolute atomic E-state index is 13.4. The molecule has 18 heteroatoms. The molecule has 12 rings (SSSR count). The number of halogens is 2. The molecule has 4 aromatic heterocycles. The highest BCUT2D eigenvalue weighted by Gasteiger charge is 2.54. The molecule has 6 saturated carbocycles. The van der Waals surface area contributed by atoms with Crippen molar-refractivity contribution in [3.05, 3.63) is 131 Å². The number of Topliss-reactive ketones (excluding diaryl/α,β-unsaturated/α-hetero) is 2. The van der Waals surface area contributed by atoms with Gasteiger partial charge in [0.05, 0.1) is 12.4 Å². The van der Waals surface area contributed by atoms with Crippen molar-refractivity contribution < 1.29 is 37.5 Å². The summed E-state index contributed by atoms with van der Waals surface area (Å²) in [5.41, 5.74) is 2.15. The van der Waals surface area contributed by atoms with Crippen LogP contribution in [0.4, 0.5) is 8.78 Å². The van der Waals surface area contributed by atoms with Gasteiger partial charge in [-0.2, -0.15) is 10.2 Å². The third kappa shape index (κ3) is 9.42. The molecule has 0 aliphatic heterocycles. The van der Waals surface area contributed by atoms with E-state index in [1.807, 2.05) is 6.92 Å². The summed E-state index contributed by atoms with van der Waals surface area (Å²) >= 11 is 0. The Morgan fingerprint density at radius 3 is 1.37 bits per heavy atom. The number of amides is 4. The molecule has 4 amide bonds. The fourth-order valence-corrected chi connectivity index (χ4v) is 11.2. The molecule has 364 valence electrons. The van der Waals surface area contributed by atoms with E-state index >= 15 is 0 Å². The minimum absolute atomic E-state index is 0.0293. The molecule has 6 aromatic rings. The Balaban J connectivity index is 0.000000174. The second kappa shape index (κ2) is 18.9. The summed E-state index contributed by atoms with van der Waals surface area (Å²) in [6, 6.07) is 17.8. The Labute approximate surface area is 402 Å². The van der Waals surface area contributed by atoms with Gasteiger partial charge in [-0.05, 0) is 139 Å². The van der Waals surface area contributed by atoms with Gasteiger partial charge < -0.3 is 21.3 Å². The van der Waals surface area contributed by atoms with Crippen LogP contribution < -0.4 is 21.3 Å². The zero-order valence-corrected chi connectivity index (χ0v) is 39.4. The number of hydrogen-bond donors (Lipinski definition) is 4. The monoisotopic (exact) mass is 954 g/mol.